The van der Waals surface area contributed by atoms with Gasteiger partial charge in [0.2, 0.25) is 0 Å². The number of alkyl halides is 3. The zero-order valence-electron chi connectivity index (χ0n) is 18.0. The molecule has 0 bridgehead atoms. The van der Waals surface area contributed by atoms with E-state index in [0.717, 1.165) is 17.7 Å². The topological polar surface area (TPSA) is 84.5 Å². The summed E-state index contributed by atoms with van der Waals surface area (Å²) in [6.07, 6.45) is -5.56. The maximum Gasteiger partial charge on any atom is 0.417 e. The fraction of sp³-hybridized carbons (Fsp3) is 0.174. The van der Waals surface area contributed by atoms with Crippen LogP contribution in [-0.4, -0.2) is 20.4 Å². The van der Waals surface area contributed by atoms with Crippen molar-refractivity contribution in [1.29, 1.82) is 0 Å². The standard InChI is InChI=1S/C23H20ClF3N2O4S/c1-14-4-3-5-18(12-14)33-15(2)22(30)28-16-6-9-19(10-7-16)34(31,32)29-17-8-11-21(24)20(13-17)23(25,26)27/h3-13,15,29H,1-2H3,(H,28,30)/t15-/m0/s1. The third kappa shape index (κ3) is 6.42. The van der Waals surface area contributed by atoms with Gasteiger partial charge in [0.05, 0.1) is 15.5 Å². The largest absolute Gasteiger partial charge is 0.481 e. The molecule has 0 saturated heterocycles. The van der Waals surface area contributed by atoms with Crippen LogP contribution in [0, 0.1) is 6.92 Å². The van der Waals surface area contributed by atoms with Gasteiger partial charge in [0.25, 0.3) is 15.9 Å². The average molecular weight is 513 g/mol. The van der Waals surface area contributed by atoms with Gasteiger partial charge in [-0.05, 0) is 74.0 Å². The van der Waals surface area contributed by atoms with Crippen molar-refractivity contribution in [2.75, 3.05) is 10.0 Å². The molecular formula is C23H20ClF3N2O4S. The third-order valence-electron chi connectivity index (χ3n) is 4.63. The first-order valence-electron chi connectivity index (χ1n) is 9.89. The lowest BCUT2D eigenvalue weighted by atomic mass is 10.2. The van der Waals surface area contributed by atoms with Crippen molar-refractivity contribution < 1.29 is 31.1 Å². The van der Waals surface area contributed by atoms with Crippen LogP contribution in [0.2, 0.25) is 5.02 Å². The summed E-state index contributed by atoms with van der Waals surface area (Å²) in [6, 6.07) is 15.0. The number of ether oxygens (including phenoxy) is 1. The summed E-state index contributed by atoms with van der Waals surface area (Å²) in [5.41, 5.74) is -0.163. The predicted octanol–water partition coefficient (Wildman–Crippen LogP) is 5.87. The summed E-state index contributed by atoms with van der Waals surface area (Å²) in [5.74, 6) is 0.0853. The van der Waals surface area contributed by atoms with E-state index in [0.29, 0.717) is 17.5 Å². The number of amides is 1. The van der Waals surface area contributed by atoms with Gasteiger partial charge < -0.3 is 10.1 Å². The summed E-state index contributed by atoms with van der Waals surface area (Å²) in [7, 11) is -4.19. The number of rotatable bonds is 7. The van der Waals surface area contributed by atoms with E-state index in [1.54, 1.807) is 25.1 Å². The van der Waals surface area contributed by atoms with Gasteiger partial charge in [0.1, 0.15) is 5.75 Å². The fourth-order valence-corrected chi connectivity index (χ4v) is 4.20. The molecule has 0 aliphatic heterocycles. The Morgan fingerprint density at radius 1 is 1.00 bits per heavy atom. The van der Waals surface area contributed by atoms with Crippen LogP contribution in [0.4, 0.5) is 24.5 Å². The van der Waals surface area contributed by atoms with Crippen LogP contribution >= 0.6 is 11.6 Å². The Labute approximate surface area is 199 Å². The van der Waals surface area contributed by atoms with Crippen LogP contribution in [0.25, 0.3) is 0 Å². The quantitative estimate of drug-likeness (QED) is 0.414. The highest BCUT2D eigenvalue weighted by atomic mass is 35.5. The van der Waals surface area contributed by atoms with Gasteiger partial charge in [-0.15, -0.1) is 0 Å². The highest BCUT2D eigenvalue weighted by Crippen LogP contribution is 2.36. The number of carbonyl (C=O) groups excluding carboxylic acids is 1. The molecule has 34 heavy (non-hydrogen) atoms. The van der Waals surface area contributed by atoms with Crippen LogP contribution in [0.5, 0.6) is 5.75 Å². The second kappa shape index (κ2) is 9.94. The van der Waals surface area contributed by atoms with Crippen LogP contribution in [0.15, 0.2) is 71.6 Å². The molecule has 0 fully saturated rings. The number of benzene rings is 3. The summed E-state index contributed by atoms with van der Waals surface area (Å²) in [6.45, 7) is 3.46. The monoisotopic (exact) mass is 512 g/mol. The lowest BCUT2D eigenvalue weighted by molar-refractivity contribution is -0.137. The number of hydrogen-bond acceptors (Lipinski definition) is 4. The van der Waals surface area contributed by atoms with Crippen molar-refractivity contribution in [3.05, 3.63) is 82.9 Å². The molecule has 2 N–H and O–H groups in total. The zero-order chi connectivity index (χ0) is 25.1. The summed E-state index contributed by atoms with van der Waals surface area (Å²) in [5, 5.41) is 2.07. The van der Waals surface area contributed by atoms with E-state index in [2.05, 4.69) is 10.0 Å². The highest BCUT2D eigenvalue weighted by molar-refractivity contribution is 7.92. The van der Waals surface area contributed by atoms with Gasteiger partial charge in [-0.25, -0.2) is 8.42 Å². The van der Waals surface area contributed by atoms with E-state index >= 15 is 0 Å². The molecule has 3 aromatic rings. The average Bonchev–Trinajstić information content (AvgIpc) is 2.74. The van der Waals surface area contributed by atoms with Gasteiger partial charge in [0.15, 0.2) is 6.10 Å². The van der Waals surface area contributed by atoms with E-state index in [-0.39, 0.29) is 10.6 Å². The molecule has 6 nitrogen and oxygen atoms in total. The molecule has 0 aliphatic rings. The first-order valence-corrected chi connectivity index (χ1v) is 11.7. The Morgan fingerprint density at radius 3 is 2.26 bits per heavy atom. The Hall–Kier alpha value is -3.24. The molecule has 1 atom stereocenters. The second-order valence-electron chi connectivity index (χ2n) is 7.39. The molecule has 3 aromatic carbocycles. The first-order chi connectivity index (χ1) is 15.8. The van der Waals surface area contributed by atoms with Crippen molar-refractivity contribution in [3.8, 4) is 5.75 Å². The predicted molar refractivity (Wildman–Crippen MR) is 124 cm³/mol. The van der Waals surface area contributed by atoms with Gasteiger partial charge in [-0.3, -0.25) is 9.52 Å². The first kappa shape index (κ1) is 25.4. The molecule has 11 heteroatoms. The van der Waals surface area contributed by atoms with E-state index < -0.39 is 38.8 Å². The Bertz CT molecular complexity index is 1300. The van der Waals surface area contributed by atoms with Gasteiger partial charge in [-0.1, -0.05) is 23.7 Å². The van der Waals surface area contributed by atoms with E-state index in [1.165, 1.54) is 24.3 Å². The molecular weight excluding hydrogens is 493 g/mol. The smallest absolute Gasteiger partial charge is 0.417 e. The zero-order valence-corrected chi connectivity index (χ0v) is 19.6. The van der Waals surface area contributed by atoms with Gasteiger partial charge >= 0.3 is 6.18 Å². The molecule has 3 rings (SSSR count). The van der Waals surface area contributed by atoms with Crippen LogP contribution in [0.1, 0.15) is 18.1 Å². The minimum atomic E-state index is -4.74. The van der Waals surface area contributed by atoms with E-state index in [9.17, 15) is 26.4 Å². The molecule has 0 spiro atoms. The van der Waals surface area contributed by atoms with Crippen molar-refractivity contribution >= 4 is 38.9 Å². The minimum absolute atomic E-state index is 0.210. The number of aryl methyl sites for hydroxylation is 1. The number of sulfonamides is 1. The summed E-state index contributed by atoms with van der Waals surface area (Å²) in [4.78, 5) is 12.2. The van der Waals surface area contributed by atoms with Crippen LogP contribution in [-0.2, 0) is 21.0 Å². The second-order valence-corrected chi connectivity index (χ2v) is 9.48. The Balaban J connectivity index is 1.68. The molecule has 0 heterocycles. The molecule has 0 radical (unpaired) electrons. The van der Waals surface area contributed by atoms with Crippen molar-refractivity contribution in [2.24, 2.45) is 0 Å². The Kier molecular flexibility index (Phi) is 7.42. The fourth-order valence-electron chi connectivity index (χ4n) is 2.93. The maximum atomic E-state index is 13.0. The van der Waals surface area contributed by atoms with Crippen molar-refractivity contribution in [2.45, 2.75) is 31.0 Å². The maximum absolute atomic E-state index is 13.0. The Morgan fingerprint density at radius 2 is 1.65 bits per heavy atom. The van der Waals surface area contributed by atoms with E-state index in [4.69, 9.17) is 16.3 Å². The normalized spacial score (nSPS) is 12.6. The number of halogens is 4. The molecule has 0 unspecified atom stereocenters. The molecule has 180 valence electrons. The lowest BCUT2D eigenvalue weighted by Gasteiger charge is -2.15. The number of hydrogen-bond donors (Lipinski definition) is 2. The van der Waals surface area contributed by atoms with Crippen molar-refractivity contribution in [1.82, 2.24) is 0 Å². The molecule has 0 aliphatic carbocycles. The van der Waals surface area contributed by atoms with Crippen LogP contribution < -0.4 is 14.8 Å². The van der Waals surface area contributed by atoms with Gasteiger partial charge in [-0.2, -0.15) is 13.2 Å². The summed E-state index contributed by atoms with van der Waals surface area (Å²) >= 11 is 5.56. The highest BCUT2D eigenvalue weighted by Gasteiger charge is 2.33. The van der Waals surface area contributed by atoms with E-state index in [1.807, 2.05) is 13.0 Å². The molecule has 0 aromatic heterocycles. The van der Waals surface area contributed by atoms with Gasteiger partial charge in [0, 0.05) is 11.4 Å². The minimum Gasteiger partial charge on any atom is -0.481 e. The third-order valence-corrected chi connectivity index (χ3v) is 6.35. The molecule has 1 amide bonds. The summed E-state index contributed by atoms with van der Waals surface area (Å²) < 4.78 is 71.9. The number of anilines is 2. The number of carbonyl (C=O) groups is 1. The van der Waals surface area contributed by atoms with Crippen LogP contribution in [0.3, 0.4) is 0 Å². The SMILES string of the molecule is Cc1cccc(O[C@@H](C)C(=O)Nc2ccc(S(=O)(=O)Nc3ccc(Cl)c(C(F)(F)F)c3)cc2)c1. The molecule has 0 saturated carbocycles. The number of nitrogens with one attached hydrogen (secondary N) is 2. The lowest BCUT2D eigenvalue weighted by Crippen LogP contribution is -2.30. The van der Waals surface area contributed by atoms with Crippen molar-refractivity contribution in [3.63, 3.8) is 0 Å².